The monoisotopic (exact) mass is 407 g/mol. The number of benzene rings is 1. The van der Waals surface area contributed by atoms with Gasteiger partial charge in [-0.3, -0.25) is 0 Å². The van der Waals surface area contributed by atoms with Crippen molar-refractivity contribution in [1.82, 2.24) is 19.8 Å². The van der Waals surface area contributed by atoms with Crippen molar-refractivity contribution in [3.63, 3.8) is 0 Å². The third-order valence-corrected chi connectivity index (χ3v) is 4.81. The van der Waals surface area contributed by atoms with E-state index < -0.39 is 0 Å². The number of fused-ring (bicyclic) bond motifs is 1. The Morgan fingerprint density at radius 3 is 2.67 bits per heavy atom. The molecule has 1 aliphatic heterocycles. The van der Waals surface area contributed by atoms with Gasteiger partial charge in [-0.05, 0) is 37.3 Å². The molecular formula is C18H19Cl2N5O2. The van der Waals surface area contributed by atoms with Crippen LogP contribution in [0.4, 0.5) is 5.82 Å². The van der Waals surface area contributed by atoms with E-state index in [2.05, 4.69) is 15.1 Å². The normalized spacial score (nSPS) is 20.4. The van der Waals surface area contributed by atoms with Gasteiger partial charge in [0.2, 0.25) is 0 Å². The molecule has 0 bridgehead atoms. The molecular weight excluding hydrogens is 389 g/mol. The van der Waals surface area contributed by atoms with Crippen molar-refractivity contribution < 1.29 is 9.47 Å². The molecule has 1 aromatic carbocycles. The highest BCUT2D eigenvalue weighted by molar-refractivity contribution is 6.35. The van der Waals surface area contributed by atoms with Crippen LogP contribution in [-0.2, 0) is 9.47 Å². The minimum absolute atomic E-state index is 0.00312. The van der Waals surface area contributed by atoms with Gasteiger partial charge in [0.25, 0.3) is 0 Å². The predicted octanol–water partition coefficient (Wildman–Crippen LogP) is 3.34. The van der Waals surface area contributed by atoms with Crippen molar-refractivity contribution >= 4 is 34.7 Å². The van der Waals surface area contributed by atoms with Crippen LogP contribution < -0.4 is 4.90 Å². The molecule has 3 aromatic rings. The minimum atomic E-state index is 0.00312. The largest absolute Gasteiger partial charge is 0.382 e. The summed E-state index contributed by atoms with van der Waals surface area (Å²) in [6.07, 6.45) is 0.0897. The van der Waals surface area contributed by atoms with Crippen molar-refractivity contribution in [1.29, 1.82) is 0 Å². The number of nitrogens with zero attached hydrogens (tertiary/aromatic N) is 5. The van der Waals surface area contributed by atoms with Crippen molar-refractivity contribution in [3.8, 4) is 11.4 Å². The molecule has 0 spiro atoms. The molecule has 4 rings (SSSR count). The van der Waals surface area contributed by atoms with Gasteiger partial charge in [0.1, 0.15) is 5.82 Å². The maximum Gasteiger partial charge on any atom is 0.185 e. The Balaban J connectivity index is 1.71. The first-order valence-corrected chi connectivity index (χ1v) is 9.37. The zero-order chi connectivity index (χ0) is 19.0. The van der Waals surface area contributed by atoms with Gasteiger partial charge in [0.05, 0.1) is 18.8 Å². The van der Waals surface area contributed by atoms with Crippen LogP contribution >= 0.6 is 23.2 Å². The molecule has 2 atom stereocenters. The first-order chi connectivity index (χ1) is 13.0. The van der Waals surface area contributed by atoms with Gasteiger partial charge in [-0.2, -0.15) is 4.52 Å². The molecule has 0 saturated carbocycles. The number of halogens is 2. The van der Waals surface area contributed by atoms with Crippen LogP contribution in [0, 0.1) is 0 Å². The van der Waals surface area contributed by atoms with E-state index >= 15 is 0 Å². The fourth-order valence-electron chi connectivity index (χ4n) is 3.32. The van der Waals surface area contributed by atoms with Crippen LogP contribution in [0.15, 0.2) is 30.3 Å². The summed E-state index contributed by atoms with van der Waals surface area (Å²) in [5.74, 6) is 1.42. The second-order valence-corrected chi connectivity index (χ2v) is 7.45. The van der Waals surface area contributed by atoms with Crippen molar-refractivity contribution in [3.05, 3.63) is 40.4 Å². The minimum Gasteiger partial charge on any atom is -0.382 e. The summed E-state index contributed by atoms with van der Waals surface area (Å²) in [7, 11) is 1.68. The number of methoxy groups -OCH3 is 1. The van der Waals surface area contributed by atoms with Crippen LogP contribution in [-0.4, -0.2) is 58.8 Å². The summed E-state index contributed by atoms with van der Waals surface area (Å²) in [6, 6.07) is 9.12. The molecule has 0 radical (unpaired) electrons. The van der Waals surface area contributed by atoms with E-state index in [1.165, 1.54) is 0 Å². The fourth-order valence-corrected chi connectivity index (χ4v) is 3.85. The summed E-state index contributed by atoms with van der Waals surface area (Å²) < 4.78 is 12.9. The summed E-state index contributed by atoms with van der Waals surface area (Å²) >= 11 is 12.3. The first kappa shape index (κ1) is 18.4. The Hall–Kier alpha value is -1.93. The molecule has 1 aliphatic rings. The number of aromatic nitrogens is 4. The number of morpholine rings is 1. The highest BCUT2D eigenvalue weighted by Gasteiger charge is 2.26. The van der Waals surface area contributed by atoms with Crippen LogP contribution in [0.1, 0.15) is 6.92 Å². The Bertz CT molecular complexity index is 944. The smallest absolute Gasteiger partial charge is 0.185 e. The van der Waals surface area contributed by atoms with Crippen LogP contribution in [0.3, 0.4) is 0 Å². The lowest BCUT2D eigenvalue weighted by Gasteiger charge is -2.37. The van der Waals surface area contributed by atoms with Gasteiger partial charge in [0, 0.05) is 35.8 Å². The molecule has 0 aliphatic carbocycles. The molecule has 142 valence electrons. The predicted molar refractivity (Wildman–Crippen MR) is 105 cm³/mol. The van der Waals surface area contributed by atoms with E-state index in [-0.39, 0.29) is 12.2 Å². The van der Waals surface area contributed by atoms with E-state index in [0.717, 1.165) is 17.9 Å². The molecule has 7 nitrogen and oxygen atoms in total. The number of anilines is 1. The van der Waals surface area contributed by atoms with Gasteiger partial charge in [0.15, 0.2) is 11.5 Å². The van der Waals surface area contributed by atoms with E-state index in [0.29, 0.717) is 34.7 Å². The third-order valence-electron chi connectivity index (χ3n) is 4.37. The number of hydrogen-bond acceptors (Lipinski definition) is 6. The number of hydrogen-bond donors (Lipinski definition) is 0. The maximum atomic E-state index is 6.14. The van der Waals surface area contributed by atoms with Gasteiger partial charge < -0.3 is 14.4 Å². The van der Waals surface area contributed by atoms with Crippen molar-refractivity contribution in [2.45, 2.75) is 19.1 Å². The third kappa shape index (κ3) is 3.87. The van der Waals surface area contributed by atoms with Crippen LogP contribution in [0.25, 0.3) is 17.0 Å². The second-order valence-electron chi connectivity index (χ2n) is 6.57. The standard InChI is InChI=1S/C18H19Cl2N5O2/c1-11-8-24(9-15(27-11)10-26-2)17-4-3-16-21-22-18(25(16)23-17)12-5-13(19)7-14(20)6-12/h3-7,11,15H,8-10H2,1-2H3. The second kappa shape index (κ2) is 7.59. The Morgan fingerprint density at radius 1 is 1.15 bits per heavy atom. The summed E-state index contributed by atoms with van der Waals surface area (Å²) in [5.41, 5.74) is 1.41. The topological polar surface area (TPSA) is 64.8 Å². The van der Waals surface area contributed by atoms with E-state index in [1.54, 1.807) is 29.8 Å². The molecule has 0 N–H and O–H groups in total. The molecule has 9 heteroatoms. The number of ether oxygens (including phenoxy) is 2. The van der Waals surface area contributed by atoms with Crippen molar-refractivity contribution in [2.24, 2.45) is 0 Å². The highest BCUT2D eigenvalue weighted by atomic mass is 35.5. The SMILES string of the molecule is COCC1CN(c2ccc3nnc(-c4cc(Cl)cc(Cl)c4)n3n2)CC(C)O1. The zero-order valence-corrected chi connectivity index (χ0v) is 16.5. The molecule has 1 fully saturated rings. The average molecular weight is 408 g/mol. The highest BCUT2D eigenvalue weighted by Crippen LogP contribution is 2.27. The summed E-state index contributed by atoms with van der Waals surface area (Å²) in [4.78, 5) is 2.19. The average Bonchev–Trinajstić information content (AvgIpc) is 3.04. The van der Waals surface area contributed by atoms with Gasteiger partial charge in [-0.15, -0.1) is 15.3 Å². The van der Waals surface area contributed by atoms with E-state index in [4.69, 9.17) is 37.8 Å². The summed E-state index contributed by atoms with van der Waals surface area (Å²) in [5, 5.41) is 14.3. The Morgan fingerprint density at radius 2 is 1.93 bits per heavy atom. The van der Waals surface area contributed by atoms with Gasteiger partial charge >= 0.3 is 0 Å². The lowest BCUT2D eigenvalue weighted by atomic mass is 10.2. The zero-order valence-electron chi connectivity index (χ0n) is 15.0. The maximum absolute atomic E-state index is 6.14. The molecule has 1 saturated heterocycles. The quantitative estimate of drug-likeness (QED) is 0.660. The van der Waals surface area contributed by atoms with Gasteiger partial charge in [-0.1, -0.05) is 23.2 Å². The van der Waals surface area contributed by atoms with E-state index in [9.17, 15) is 0 Å². The molecule has 27 heavy (non-hydrogen) atoms. The Labute approximate surface area is 166 Å². The summed E-state index contributed by atoms with van der Waals surface area (Å²) in [6.45, 7) is 4.05. The van der Waals surface area contributed by atoms with Crippen molar-refractivity contribution in [2.75, 3.05) is 31.7 Å². The molecule has 2 unspecified atom stereocenters. The lowest BCUT2D eigenvalue weighted by molar-refractivity contribution is -0.0513. The fraction of sp³-hybridized carbons (Fsp3) is 0.389. The lowest BCUT2D eigenvalue weighted by Crippen LogP contribution is -2.48. The Kier molecular flexibility index (Phi) is 5.19. The molecule has 0 amide bonds. The first-order valence-electron chi connectivity index (χ1n) is 8.62. The van der Waals surface area contributed by atoms with E-state index in [1.807, 2.05) is 19.1 Å². The molecule has 2 aromatic heterocycles. The van der Waals surface area contributed by atoms with Crippen LogP contribution in [0.5, 0.6) is 0 Å². The van der Waals surface area contributed by atoms with Gasteiger partial charge in [-0.25, -0.2) is 0 Å². The number of rotatable bonds is 4. The van der Waals surface area contributed by atoms with Crippen LogP contribution in [0.2, 0.25) is 10.0 Å². The molecule has 3 heterocycles.